The fraction of sp³-hybridized carbons (Fsp3) is 0.467. The Morgan fingerprint density at radius 3 is 2.91 bits per heavy atom. The van der Waals surface area contributed by atoms with Gasteiger partial charge in [0, 0.05) is 18.3 Å². The fourth-order valence-corrected chi connectivity index (χ4v) is 3.28. The third kappa shape index (κ3) is 2.55. The van der Waals surface area contributed by atoms with Crippen LogP contribution in [0.25, 0.3) is 11.4 Å². The summed E-state index contributed by atoms with van der Waals surface area (Å²) in [5, 5.41) is 13.0. The molecule has 1 amide bonds. The highest BCUT2D eigenvalue weighted by Crippen LogP contribution is 2.27. The van der Waals surface area contributed by atoms with Crippen LogP contribution in [0.5, 0.6) is 0 Å². The van der Waals surface area contributed by atoms with Crippen molar-refractivity contribution in [3.8, 4) is 11.4 Å². The lowest BCUT2D eigenvalue weighted by Crippen LogP contribution is -2.43. The Bertz CT molecular complexity index is 728. The van der Waals surface area contributed by atoms with Crippen LogP contribution < -0.4 is 16.4 Å². The highest BCUT2D eigenvalue weighted by atomic mass is 16.1. The molecule has 1 fully saturated rings. The van der Waals surface area contributed by atoms with Crippen molar-refractivity contribution in [1.29, 1.82) is 0 Å². The van der Waals surface area contributed by atoms with Crippen molar-refractivity contribution in [3.63, 3.8) is 0 Å². The first-order chi connectivity index (χ1) is 11.2. The van der Waals surface area contributed by atoms with Crippen LogP contribution in [0, 0.1) is 0 Å². The van der Waals surface area contributed by atoms with E-state index in [0.717, 1.165) is 19.3 Å². The van der Waals surface area contributed by atoms with E-state index in [0.29, 0.717) is 35.1 Å². The summed E-state index contributed by atoms with van der Waals surface area (Å²) in [6.07, 6.45) is 5.99. The molecule has 2 aliphatic rings. The Kier molecular flexibility index (Phi) is 3.45. The maximum Gasteiger partial charge on any atom is 0.255 e. The molecule has 2 aromatic heterocycles. The van der Waals surface area contributed by atoms with E-state index in [9.17, 15) is 4.79 Å². The number of hydrogen-bond donors (Lipinski definition) is 4. The minimum Gasteiger partial charge on any atom is -0.350 e. The quantitative estimate of drug-likeness (QED) is 0.664. The molecular formula is C15H19N7O. The van der Waals surface area contributed by atoms with Crippen molar-refractivity contribution in [3.05, 3.63) is 23.5 Å². The second-order valence-corrected chi connectivity index (χ2v) is 6.07. The van der Waals surface area contributed by atoms with Gasteiger partial charge >= 0.3 is 0 Å². The van der Waals surface area contributed by atoms with Crippen LogP contribution in [-0.2, 0) is 6.54 Å². The van der Waals surface area contributed by atoms with Crippen molar-refractivity contribution in [1.82, 2.24) is 25.5 Å². The van der Waals surface area contributed by atoms with Crippen molar-refractivity contribution in [2.45, 2.75) is 44.3 Å². The summed E-state index contributed by atoms with van der Waals surface area (Å²) in [5.41, 5.74) is 8.71. The molecular weight excluding hydrogens is 294 g/mol. The number of nitrogens with zero attached hydrogens (tertiary/aromatic N) is 3. The number of H-pyrrole nitrogens is 1. The number of carbonyl (C=O) groups is 1. The summed E-state index contributed by atoms with van der Waals surface area (Å²) >= 11 is 0. The van der Waals surface area contributed by atoms with E-state index in [-0.39, 0.29) is 18.0 Å². The molecule has 23 heavy (non-hydrogen) atoms. The Labute approximate surface area is 133 Å². The van der Waals surface area contributed by atoms with Crippen molar-refractivity contribution in [2.75, 3.05) is 5.32 Å². The zero-order valence-corrected chi connectivity index (χ0v) is 12.7. The minimum absolute atomic E-state index is 0.107. The Balaban J connectivity index is 1.71. The van der Waals surface area contributed by atoms with Gasteiger partial charge in [0.05, 0.1) is 23.5 Å². The van der Waals surface area contributed by atoms with Gasteiger partial charge in [0.15, 0.2) is 0 Å². The number of amides is 1. The van der Waals surface area contributed by atoms with E-state index < -0.39 is 0 Å². The monoisotopic (exact) mass is 313 g/mol. The molecule has 8 nitrogen and oxygen atoms in total. The normalized spacial score (nSPS) is 23.4. The molecule has 2 atom stereocenters. The molecule has 4 rings (SSSR count). The fourth-order valence-electron chi connectivity index (χ4n) is 3.28. The Morgan fingerprint density at radius 2 is 2.13 bits per heavy atom. The second kappa shape index (κ2) is 5.62. The highest BCUT2D eigenvalue weighted by Gasteiger charge is 2.29. The minimum atomic E-state index is -0.148. The predicted octanol–water partition coefficient (Wildman–Crippen LogP) is 0.792. The van der Waals surface area contributed by atoms with Gasteiger partial charge in [-0.3, -0.25) is 9.89 Å². The first-order valence-electron chi connectivity index (χ1n) is 7.93. The Hall–Kier alpha value is -2.48. The average molecular weight is 313 g/mol. The molecule has 0 saturated heterocycles. The van der Waals surface area contributed by atoms with Gasteiger partial charge in [-0.05, 0) is 18.9 Å². The maximum atomic E-state index is 12.1. The molecule has 0 spiro atoms. The van der Waals surface area contributed by atoms with Gasteiger partial charge in [0.1, 0.15) is 5.69 Å². The number of rotatable bonds is 3. The molecule has 8 heteroatoms. The number of fused-ring (bicyclic) bond motifs is 1. The van der Waals surface area contributed by atoms with Gasteiger partial charge in [-0.15, -0.1) is 0 Å². The average Bonchev–Trinajstić information content (AvgIpc) is 3.20. The van der Waals surface area contributed by atoms with Crippen LogP contribution in [0.15, 0.2) is 12.3 Å². The molecule has 120 valence electrons. The van der Waals surface area contributed by atoms with E-state index in [1.165, 1.54) is 6.42 Å². The number of aromatic nitrogens is 4. The largest absolute Gasteiger partial charge is 0.350 e. The number of anilines is 1. The van der Waals surface area contributed by atoms with Crippen LogP contribution in [0.3, 0.4) is 0 Å². The van der Waals surface area contributed by atoms with E-state index in [1.54, 1.807) is 12.3 Å². The smallest absolute Gasteiger partial charge is 0.255 e. The van der Waals surface area contributed by atoms with E-state index in [4.69, 9.17) is 5.73 Å². The molecule has 2 unspecified atom stereocenters. The molecule has 1 saturated carbocycles. The van der Waals surface area contributed by atoms with Gasteiger partial charge in [-0.25, -0.2) is 9.97 Å². The molecule has 5 N–H and O–H groups in total. The van der Waals surface area contributed by atoms with Crippen molar-refractivity contribution in [2.24, 2.45) is 5.73 Å². The third-order valence-electron chi connectivity index (χ3n) is 4.52. The van der Waals surface area contributed by atoms with Crippen LogP contribution in [0.2, 0.25) is 0 Å². The van der Waals surface area contributed by atoms with Crippen LogP contribution >= 0.6 is 0 Å². The molecule has 0 bridgehead atoms. The van der Waals surface area contributed by atoms with Gasteiger partial charge in [-0.2, -0.15) is 5.10 Å². The van der Waals surface area contributed by atoms with Gasteiger partial charge in [0.25, 0.3) is 5.91 Å². The van der Waals surface area contributed by atoms with Gasteiger partial charge < -0.3 is 16.4 Å². The lowest BCUT2D eigenvalue weighted by atomic mass is 9.91. The highest BCUT2D eigenvalue weighted by molar-refractivity contribution is 6.03. The number of hydrogen-bond acceptors (Lipinski definition) is 6. The molecule has 2 aromatic rings. The zero-order valence-electron chi connectivity index (χ0n) is 12.7. The topological polar surface area (TPSA) is 122 Å². The van der Waals surface area contributed by atoms with Crippen molar-refractivity contribution < 1.29 is 4.79 Å². The molecule has 1 aliphatic carbocycles. The molecule has 0 radical (unpaired) electrons. The van der Waals surface area contributed by atoms with Crippen LogP contribution in [0.4, 0.5) is 5.95 Å². The number of nitrogens with one attached hydrogen (secondary N) is 3. The first kappa shape index (κ1) is 14.1. The summed E-state index contributed by atoms with van der Waals surface area (Å²) in [7, 11) is 0. The second-order valence-electron chi connectivity index (χ2n) is 6.07. The van der Waals surface area contributed by atoms with Crippen LogP contribution in [-0.4, -0.2) is 38.2 Å². The number of carbonyl (C=O) groups excluding carboxylic acids is 1. The lowest BCUT2D eigenvalue weighted by molar-refractivity contribution is 0.0966. The van der Waals surface area contributed by atoms with E-state index in [2.05, 4.69) is 30.8 Å². The SMILES string of the molecule is NC1CCCCC1Nc1nc2c(c(-c3ccn[nH]3)n1)C(=O)NC2. The first-order valence-corrected chi connectivity index (χ1v) is 7.93. The summed E-state index contributed by atoms with van der Waals surface area (Å²) in [6.45, 7) is 0.420. The van der Waals surface area contributed by atoms with E-state index >= 15 is 0 Å². The maximum absolute atomic E-state index is 12.1. The molecule has 0 aromatic carbocycles. The van der Waals surface area contributed by atoms with Crippen LogP contribution in [0.1, 0.15) is 41.7 Å². The lowest BCUT2D eigenvalue weighted by Gasteiger charge is -2.29. The summed E-state index contributed by atoms with van der Waals surface area (Å²) < 4.78 is 0. The van der Waals surface area contributed by atoms with E-state index in [1.807, 2.05) is 0 Å². The predicted molar refractivity (Wildman–Crippen MR) is 84.6 cm³/mol. The van der Waals surface area contributed by atoms with Gasteiger partial charge in [-0.1, -0.05) is 12.8 Å². The summed E-state index contributed by atoms with van der Waals surface area (Å²) in [5.74, 6) is 0.373. The van der Waals surface area contributed by atoms with Gasteiger partial charge in [0.2, 0.25) is 5.95 Å². The number of aromatic amines is 1. The zero-order chi connectivity index (χ0) is 15.8. The standard InChI is InChI=1S/C15H19N7O/c16-8-3-1-2-4-9(8)19-15-20-11-7-17-14(23)12(11)13(21-15)10-5-6-18-22-10/h5-6,8-9H,1-4,7,16H2,(H,17,23)(H,18,22)(H,19,20,21). The molecule has 1 aliphatic heterocycles. The molecule has 3 heterocycles. The summed E-state index contributed by atoms with van der Waals surface area (Å²) in [4.78, 5) is 21.1. The third-order valence-corrected chi connectivity index (χ3v) is 4.52. The summed E-state index contributed by atoms with van der Waals surface area (Å²) in [6, 6.07) is 2.07. The Morgan fingerprint density at radius 1 is 1.26 bits per heavy atom. The number of nitrogens with two attached hydrogens (primary N) is 1. The van der Waals surface area contributed by atoms with Crippen molar-refractivity contribution >= 4 is 11.9 Å².